The van der Waals surface area contributed by atoms with E-state index < -0.39 is 5.60 Å². The second-order valence-corrected chi connectivity index (χ2v) is 9.75. The van der Waals surface area contributed by atoms with Crippen LogP contribution >= 0.6 is 0 Å². The molecule has 2 atom stereocenters. The molecule has 4 heteroatoms. The second kappa shape index (κ2) is 5.12. The van der Waals surface area contributed by atoms with E-state index in [1.54, 1.807) is 0 Å². The molecule has 1 saturated heterocycles. The van der Waals surface area contributed by atoms with Gasteiger partial charge in [0.25, 0.3) is 0 Å². The van der Waals surface area contributed by atoms with Crippen LogP contribution in [-0.2, 0) is 4.74 Å². The number of nitrogens with two attached hydrogens (primary N) is 1. The molecule has 0 bridgehead atoms. The summed E-state index contributed by atoms with van der Waals surface area (Å²) in [6.45, 7) is 16.2. The van der Waals surface area contributed by atoms with E-state index in [4.69, 9.17) is 10.5 Å². The number of likely N-dealkylation sites (tertiary alicyclic amines) is 1. The van der Waals surface area contributed by atoms with Gasteiger partial charge in [-0.1, -0.05) is 27.7 Å². The van der Waals surface area contributed by atoms with Crippen LogP contribution in [0, 0.1) is 16.2 Å². The zero-order chi connectivity index (χ0) is 17.0. The normalized spacial score (nSPS) is 33.5. The third-order valence-corrected chi connectivity index (χ3v) is 5.68. The number of hydrogen-bond acceptors (Lipinski definition) is 3. The van der Waals surface area contributed by atoms with E-state index in [-0.39, 0.29) is 28.4 Å². The van der Waals surface area contributed by atoms with Crippen LogP contribution < -0.4 is 5.73 Å². The molecule has 0 spiro atoms. The summed E-state index contributed by atoms with van der Waals surface area (Å²) in [7, 11) is 0. The highest BCUT2D eigenvalue weighted by atomic mass is 16.6. The quantitative estimate of drug-likeness (QED) is 0.844. The molecule has 2 unspecified atom stereocenters. The molecule has 22 heavy (non-hydrogen) atoms. The SMILES string of the molecule is CC1(C)CCC(C2(CN)CC2(C)C)N(C(=O)OC(C)(C)C)C1. The molecule has 2 fully saturated rings. The maximum Gasteiger partial charge on any atom is 0.410 e. The average molecular weight is 310 g/mol. The first-order valence-corrected chi connectivity index (χ1v) is 8.53. The van der Waals surface area contributed by atoms with Crippen molar-refractivity contribution < 1.29 is 9.53 Å². The molecule has 1 amide bonds. The molecule has 2 rings (SSSR count). The summed E-state index contributed by atoms with van der Waals surface area (Å²) < 4.78 is 5.68. The first-order chi connectivity index (χ1) is 9.84. The third-order valence-electron chi connectivity index (χ3n) is 5.68. The molecule has 1 heterocycles. The fourth-order valence-corrected chi connectivity index (χ4v) is 4.22. The lowest BCUT2D eigenvalue weighted by atomic mass is 9.75. The molecule has 0 aromatic carbocycles. The fraction of sp³-hybridized carbons (Fsp3) is 0.944. The van der Waals surface area contributed by atoms with Crippen molar-refractivity contribution in [1.29, 1.82) is 0 Å². The first kappa shape index (κ1) is 17.6. The lowest BCUT2D eigenvalue weighted by Gasteiger charge is -2.47. The van der Waals surface area contributed by atoms with Crippen molar-refractivity contribution in [3.8, 4) is 0 Å². The Balaban J connectivity index is 2.26. The molecule has 0 aromatic heterocycles. The van der Waals surface area contributed by atoms with Crippen LogP contribution in [-0.4, -0.2) is 35.7 Å². The Labute approximate surface area is 135 Å². The number of hydrogen-bond donors (Lipinski definition) is 1. The Hall–Kier alpha value is -0.770. The van der Waals surface area contributed by atoms with Gasteiger partial charge in [0.05, 0.1) is 0 Å². The summed E-state index contributed by atoms with van der Waals surface area (Å²) in [6.07, 6.45) is 3.07. The summed E-state index contributed by atoms with van der Waals surface area (Å²) in [5, 5.41) is 0. The number of nitrogens with zero attached hydrogens (tertiary/aromatic N) is 1. The summed E-state index contributed by atoms with van der Waals surface area (Å²) in [5.74, 6) is 0. The molecule has 1 aliphatic carbocycles. The molecule has 128 valence electrons. The minimum absolute atomic E-state index is 0.0560. The summed E-state index contributed by atoms with van der Waals surface area (Å²) >= 11 is 0. The van der Waals surface area contributed by atoms with Crippen molar-refractivity contribution in [2.45, 2.75) is 79.4 Å². The molecule has 2 N–H and O–H groups in total. The van der Waals surface area contributed by atoms with E-state index in [1.807, 2.05) is 25.7 Å². The van der Waals surface area contributed by atoms with Crippen LogP contribution in [0.25, 0.3) is 0 Å². The monoisotopic (exact) mass is 310 g/mol. The fourth-order valence-electron chi connectivity index (χ4n) is 4.22. The highest BCUT2D eigenvalue weighted by Crippen LogP contribution is 2.67. The van der Waals surface area contributed by atoms with Crippen LogP contribution in [0.4, 0.5) is 4.79 Å². The molecular weight excluding hydrogens is 276 g/mol. The van der Waals surface area contributed by atoms with Crippen molar-refractivity contribution >= 4 is 6.09 Å². The van der Waals surface area contributed by atoms with E-state index in [9.17, 15) is 4.79 Å². The van der Waals surface area contributed by atoms with Crippen molar-refractivity contribution in [1.82, 2.24) is 4.90 Å². The summed E-state index contributed by atoms with van der Waals surface area (Å²) in [6, 6.07) is 0.204. The van der Waals surface area contributed by atoms with Crippen LogP contribution in [0.2, 0.25) is 0 Å². The third kappa shape index (κ3) is 3.12. The van der Waals surface area contributed by atoms with E-state index in [1.165, 1.54) is 0 Å². The van der Waals surface area contributed by atoms with Gasteiger partial charge in [-0.15, -0.1) is 0 Å². The van der Waals surface area contributed by atoms with Crippen molar-refractivity contribution in [3.63, 3.8) is 0 Å². The molecule has 4 nitrogen and oxygen atoms in total. The number of ether oxygens (including phenoxy) is 1. The molecule has 0 radical (unpaired) electrons. The lowest BCUT2D eigenvalue weighted by Crippen LogP contribution is -2.56. The number of carbonyl (C=O) groups is 1. The van der Waals surface area contributed by atoms with Gasteiger partial charge in [0.1, 0.15) is 5.60 Å². The van der Waals surface area contributed by atoms with Crippen LogP contribution in [0.5, 0.6) is 0 Å². The van der Waals surface area contributed by atoms with E-state index in [2.05, 4.69) is 27.7 Å². The average Bonchev–Trinajstić information content (AvgIpc) is 2.89. The minimum Gasteiger partial charge on any atom is -0.444 e. The molecule has 1 aliphatic heterocycles. The Bertz CT molecular complexity index is 450. The van der Waals surface area contributed by atoms with E-state index in [0.717, 1.165) is 25.8 Å². The maximum atomic E-state index is 12.8. The summed E-state index contributed by atoms with van der Waals surface area (Å²) in [5.41, 5.74) is 6.11. The Morgan fingerprint density at radius 1 is 1.27 bits per heavy atom. The van der Waals surface area contributed by atoms with Crippen molar-refractivity contribution in [3.05, 3.63) is 0 Å². The number of rotatable bonds is 2. The topological polar surface area (TPSA) is 55.6 Å². The molecule has 1 saturated carbocycles. The van der Waals surface area contributed by atoms with Gasteiger partial charge in [0, 0.05) is 24.5 Å². The first-order valence-electron chi connectivity index (χ1n) is 8.53. The van der Waals surface area contributed by atoms with Gasteiger partial charge in [-0.25, -0.2) is 4.79 Å². The number of carbonyl (C=O) groups excluding carboxylic acids is 1. The molecule has 2 aliphatic rings. The lowest BCUT2D eigenvalue weighted by molar-refractivity contribution is -0.0250. The standard InChI is InChI=1S/C18H34N2O2/c1-15(2,3)22-14(21)20-12-16(4,5)9-8-13(20)18(11-19)10-17(18,6)7/h13H,8-12,19H2,1-7H3. The van der Waals surface area contributed by atoms with Gasteiger partial charge in [0.2, 0.25) is 0 Å². The van der Waals surface area contributed by atoms with Crippen LogP contribution in [0.1, 0.15) is 67.7 Å². The van der Waals surface area contributed by atoms with Crippen LogP contribution in [0.3, 0.4) is 0 Å². The Morgan fingerprint density at radius 3 is 2.23 bits per heavy atom. The molecule has 0 aromatic rings. The smallest absolute Gasteiger partial charge is 0.410 e. The van der Waals surface area contributed by atoms with Gasteiger partial charge >= 0.3 is 6.09 Å². The van der Waals surface area contributed by atoms with Crippen molar-refractivity contribution in [2.75, 3.05) is 13.1 Å². The van der Waals surface area contributed by atoms with Gasteiger partial charge < -0.3 is 15.4 Å². The van der Waals surface area contributed by atoms with Gasteiger partial charge in [-0.2, -0.15) is 0 Å². The largest absolute Gasteiger partial charge is 0.444 e. The Kier molecular flexibility index (Phi) is 4.09. The van der Waals surface area contributed by atoms with Crippen molar-refractivity contribution in [2.24, 2.45) is 22.0 Å². The van der Waals surface area contributed by atoms with Crippen LogP contribution in [0.15, 0.2) is 0 Å². The predicted octanol–water partition coefficient (Wildman–Crippen LogP) is 3.79. The zero-order valence-electron chi connectivity index (χ0n) is 15.5. The predicted molar refractivity (Wildman–Crippen MR) is 89.6 cm³/mol. The Morgan fingerprint density at radius 2 is 1.82 bits per heavy atom. The maximum absolute atomic E-state index is 12.8. The molecular formula is C18H34N2O2. The second-order valence-electron chi connectivity index (χ2n) is 9.75. The van der Waals surface area contributed by atoms with Gasteiger partial charge in [0.15, 0.2) is 0 Å². The highest BCUT2D eigenvalue weighted by molar-refractivity contribution is 5.69. The number of piperidine rings is 1. The zero-order valence-corrected chi connectivity index (χ0v) is 15.5. The summed E-state index contributed by atoms with van der Waals surface area (Å²) in [4.78, 5) is 14.8. The van der Waals surface area contributed by atoms with Gasteiger partial charge in [-0.05, 0) is 50.9 Å². The number of amides is 1. The van der Waals surface area contributed by atoms with E-state index in [0.29, 0.717) is 6.54 Å². The minimum atomic E-state index is -0.460. The van der Waals surface area contributed by atoms with E-state index >= 15 is 0 Å². The highest BCUT2D eigenvalue weighted by Gasteiger charge is 2.66. The van der Waals surface area contributed by atoms with Gasteiger partial charge in [-0.3, -0.25) is 0 Å².